The second kappa shape index (κ2) is 9.27. The molecule has 0 aliphatic carbocycles. The molecule has 0 bridgehead atoms. The van der Waals surface area contributed by atoms with E-state index in [1.807, 2.05) is 18.2 Å². The number of ether oxygens (including phenoxy) is 2. The average molecular weight is 333 g/mol. The van der Waals surface area contributed by atoms with Gasteiger partial charge in [0.1, 0.15) is 5.75 Å². The molecule has 136 valence electrons. The van der Waals surface area contributed by atoms with E-state index in [4.69, 9.17) is 9.47 Å². The SMILES string of the molecule is C=CCCOC(C)C(C)(C)CCC(C)(C)Cc1ccccc1OC. The van der Waals surface area contributed by atoms with E-state index in [2.05, 4.69) is 53.3 Å². The Morgan fingerprint density at radius 2 is 1.79 bits per heavy atom. The molecule has 1 atom stereocenters. The minimum absolute atomic E-state index is 0.166. The summed E-state index contributed by atoms with van der Waals surface area (Å²) in [6, 6.07) is 8.34. The van der Waals surface area contributed by atoms with Crippen molar-refractivity contribution in [3.8, 4) is 5.75 Å². The third-order valence-corrected chi connectivity index (χ3v) is 5.10. The topological polar surface area (TPSA) is 18.5 Å². The highest BCUT2D eigenvalue weighted by molar-refractivity contribution is 5.33. The quantitative estimate of drug-likeness (QED) is 0.363. The van der Waals surface area contributed by atoms with Gasteiger partial charge in [-0.3, -0.25) is 0 Å². The molecule has 1 unspecified atom stereocenters. The summed E-state index contributed by atoms with van der Waals surface area (Å²) in [4.78, 5) is 0. The zero-order chi connectivity index (χ0) is 18.2. The summed E-state index contributed by atoms with van der Waals surface area (Å²) in [6.45, 7) is 16.0. The molecule has 0 amide bonds. The number of hydrogen-bond acceptors (Lipinski definition) is 2. The highest BCUT2D eigenvalue weighted by Crippen LogP contribution is 2.37. The van der Waals surface area contributed by atoms with Gasteiger partial charge in [0.2, 0.25) is 0 Å². The largest absolute Gasteiger partial charge is 0.496 e. The normalized spacial score (nSPS) is 13.6. The lowest BCUT2D eigenvalue weighted by atomic mass is 9.74. The molecular weight excluding hydrogens is 296 g/mol. The Bertz CT molecular complexity index is 502. The first-order valence-corrected chi connectivity index (χ1v) is 9.06. The van der Waals surface area contributed by atoms with Gasteiger partial charge in [0.15, 0.2) is 0 Å². The molecule has 1 rings (SSSR count). The summed E-state index contributed by atoms with van der Waals surface area (Å²) in [5.41, 5.74) is 1.68. The first-order chi connectivity index (χ1) is 11.2. The molecule has 24 heavy (non-hydrogen) atoms. The van der Waals surface area contributed by atoms with E-state index in [1.54, 1.807) is 7.11 Å². The molecule has 1 aromatic carbocycles. The second-order valence-corrected chi connectivity index (χ2v) is 8.23. The van der Waals surface area contributed by atoms with E-state index in [9.17, 15) is 0 Å². The maximum Gasteiger partial charge on any atom is 0.122 e. The maximum absolute atomic E-state index is 5.98. The summed E-state index contributed by atoms with van der Waals surface area (Å²) in [5, 5.41) is 0. The van der Waals surface area contributed by atoms with Crippen molar-refractivity contribution in [2.75, 3.05) is 13.7 Å². The Morgan fingerprint density at radius 3 is 2.42 bits per heavy atom. The van der Waals surface area contributed by atoms with Gasteiger partial charge in [0, 0.05) is 0 Å². The Hall–Kier alpha value is -1.28. The van der Waals surface area contributed by atoms with Crippen molar-refractivity contribution in [3.63, 3.8) is 0 Å². The van der Waals surface area contributed by atoms with Crippen molar-refractivity contribution in [1.29, 1.82) is 0 Å². The first-order valence-electron chi connectivity index (χ1n) is 9.06. The predicted octanol–water partition coefficient (Wildman–Crippen LogP) is 6.05. The number of methoxy groups -OCH3 is 1. The minimum atomic E-state index is 0.166. The average Bonchev–Trinajstić information content (AvgIpc) is 2.53. The van der Waals surface area contributed by atoms with Crippen molar-refractivity contribution < 1.29 is 9.47 Å². The Kier molecular flexibility index (Phi) is 8.02. The highest BCUT2D eigenvalue weighted by atomic mass is 16.5. The van der Waals surface area contributed by atoms with Crippen LogP contribution in [0.15, 0.2) is 36.9 Å². The van der Waals surface area contributed by atoms with Crippen molar-refractivity contribution >= 4 is 0 Å². The van der Waals surface area contributed by atoms with Crippen LogP contribution < -0.4 is 4.74 Å². The Balaban J connectivity index is 2.61. The van der Waals surface area contributed by atoms with Crippen molar-refractivity contribution in [1.82, 2.24) is 0 Å². The molecule has 0 saturated heterocycles. The van der Waals surface area contributed by atoms with Gasteiger partial charge in [0.25, 0.3) is 0 Å². The zero-order valence-corrected chi connectivity index (χ0v) is 16.5. The molecule has 0 heterocycles. The van der Waals surface area contributed by atoms with Crippen LogP contribution in [-0.4, -0.2) is 19.8 Å². The van der Waals surface area contributed by atoms with Crippen LogP contribution in [0.3, 0.4) is 0 Å². The lowest BCUT2D eigenvalue weighted by molar-refractivity contribution is -0.0195. The molecule has 0 aliphatic heterocycles. The van der Waals surface area contributed by atoms with E-state index in [1.165, 1.54) is 5.56 Å². The van der Waals surface area contributed by atoms with Crippen LogP contribution in [0.1, 0.15) is 59.4 Å². The summed E-state index contributed by atoms with van der Waals surface area (Å²) in [5.74, 6) is 0.992. The molecular formula is C22H36O2. The molecule has 0 spiro atoms. The summed E-state index contributed by atoms with van der Waals surface area (Å²) in [6.07, 6.45) is 6.41. The molecule has 2 heteroatoms. The van der Waals surface area contributed by atoms with E-state index >= 15 is 0 Å². The molecule has 0 radical (unpaired) electrons. The van der Waals surface area contributed by atoms with E-state index in [0.29, 0.717) is 0 Å². The number of para-hydroxylation sites is 1. The fraction of sp³-hybridized carbons (Fsp3) is 0.636. The van der Waals surface area contributed by atoms with Crippen molar-refractivity contribution in [2.45, 2.75) is 66.4 Å². The summed E-state index contributed by atoms with van der Waals surface area (Å²) in [7, 11) is 1.75. The molecule has 0 fully saturated rings. The fourth-order valence-electron chi connectivity index (χ4n) is 2.87. The van der Waals surface area contributed by atoms with Gasteiger partial charge in [-0.15, -0.1) is 6.58 Å². The minimum Gasteiger partial charge on any atom is -0.496 e. The second-order valence-electron chi connectivity index (χ2n) is 8.23. The van der Waals surface area contributed by atoms with E-state index in [-0.39, 0.29) is 16.9 Å². The summed E-state index contributed by atoms with van der Waals surface area (Å²) < 4.78 is 11.5. The van der Waals surface area contributed by atoms with Gasteiger partial charge in [-0.05, 0) is 55.1 Å². The smallest absolute Gasteiger partial charge is 0.122 e. The lowest BCUT2D eigenvalue weighted by Gasteiger charge is -2.35. The third kappa shape index (κ3) is 6.68. The number of benzene rings is 1. The van der Waals surface area contributed by atoms with Crippen molar-refractivity contribution in [2.24, 2.45) is 10.8 Å². The van der Waals surface area contributed by atoms with Crippen LogP contribution in [0.2, 0.25) is 0 Å². The Labute approximate surface area is 149 Å². The van der Waals surface area contributed by atoms with Crippen LogP contribution in [0.5, 0.6) is 5.75 Å². The number of rotatable bonds is 11. The fourth-order valence-corrected chi connectivity index (χ4v) is 2.87. The zero-order valence-electron chi connectivity index (χ0n) is 16.5. The van der Waals surface area contributed by atoms with E-state index in [0.717, 1.165) is 38.0 Å². The standard InChI is InChI=1S/C22H36O2/c1-8-9-16-24-18(2)22(5,6)15-14-21(3,4)17-19-12-10-11-13-20(19)23-7/h8,10-13,18H,1,9,14-17H2,2-7H3. The van der Waals surface area contributed by atoms with Crippen LogP contribution in [0.4, 0.5) is 0 Å². The van der Waals surface area contributed by atoms with Crippen LogP contribution in [-0.2, 0) is 11.2 Å². The van der Waals surface area contributed by atoms with Crippen LogP contribution >= 0.6 is 0 Å². The van der Waals surface area contributed by atoms with Gasteiger partial charge in [-0.2, -0.15) is 0 Å². The predicted molar refractivity (Wildman–Crippen MR) is 104 cm³/mol. The molecule has 0 saturated carbocycles. The van der Waals surface area contributed by atoms with Gasteiger partial charge in [-0.1, -0.05) is 52.0 Å². The third-order valence-electron chi connectivity index (χ3n) is 5.10. The molecule has 0 N–H and O–H groups in total. The molecule has 1 aromatic rings. The molecule has 0 aliphatic rings. The van der Waals surface area contributed by atoms with Gasteiger partial charge in [0.05, 0.1) is 19.8 Å². The van der Waals surface area contributed by atoms with E-state index < -0.39 is 0 Å². The molecule has 2 nitrogen and oxygen atoms in total. The first kappa shape index (κ1) is 20.8. The number of hydrogen-bond donors (Lipinski definition) is 0. The van der Waals surface area contributed by atoms with Crippen LogP contribution in [0.25, 0.3) is 0 Å². The van der Waals surface area contributed by atoms with Crippen LogP contribution in [0, 0.1) is 10.8 Å². The Morgan fingerprint density at radius 1 is 1.12 bits per heavy atom. The summed E-state index contributed by atoms with van der Waals surface area (Å²) >= 11 is 0. The van der Waals surface area contributed by atoms with Crippen molar-refractivity contribution in [3.05, 3.63) is 42.5 Å². The lowest BCUT2D eigenvalue weighted by Crippen LogP contribution is -2.31. The highest BCUT2D eigenvalue weighted by Gasteiger charge is 2.30. The maximum atomic E-state index is 5.98. The van der Waals surface area contributed by atoms with Gasteiger partial charge in [-0.25, -0.2) is 0 Å². The monoisotopic (exact) mass is 332 g/mol. The molecule has 0 aromatic heterocycles. The van der Waals surface area contributed by atoms with Gasteiger partial charge < -0.3 is 9.47 Å². The van der Waals surface area contributed by atoms with Gasteiger partial charge >= 0.3 is 0 Å².